The standard InChI is InChI=1S/C9H17NO.C2H6/c1-8-7-11-5-4-10(8)6-9-2-3-9;1-2/h8-9H,2-7H2,1H3;1-2H3. The molecule has 1 heterocycles. The van der Waals surface area contributed by atoms with Crippen LogP contribution in [0.4, 0.5) is 0 Å². The van der Waals surface area contributed by atoms with Crippen molar-refractivity contribution in [3.05, 3.63) is 0 Å². The van der Waals surface area contributed by atoms with Crippen LogP contribution in [0.5, 0.6) is 0 Å². The topological polar surface area (TPSA) is 12.5 Å². The van der Waals surface area contributed by atoms with Gasteiger partial charge in [0.2, 0.25) is 0 Å². The molecule has 1 aliphatic carbocycles. The van der Waals surface area contributed by atoms with Crippen molar-refractivity contribution in [3.8, 4) is 0 Å². The second-order valence-corrected chi connectivity index (χ2v) is 3.86. The van der Waals surface area contributed by atoms with E-state index in [0.717, 1.165) is 25.7 Å². The van der Waals surface area contributed by atoms with Crippen LogP contribution in [0.15, 0.2) is 0 Å². The Morgan fingerprint density at radius 3 is 2.54 bits per heavy atom. The van der Waals surface area contributed by atoms with Gasteiger partial charge in [-0.3, -0.25) is 4.90 Å². The minimum atomic E-state index is 0.657. The molecule has 1 aliphatic heterocycles. The summed E-state index contributed by atoms with van der Waals surface area (Å²) >= 11 is 0. The average Bonchev–Trinajstić information content (AvgIpc) is 2.96. The van der Waals surface area contributed by atoms with Crippen LogP contribution in [0, 0.1) is 5.92 Å². The summed E-state index contributed by atoms with van der Waals surface area (Å²) in [6.07, 6.45) is 2.92. The Hall–Kier alpha value is -0.0800. The van der Waals surface area contributed by atoms with Crippen molar-refractivity contribution in [1.82, 2.24) is 4.90 Å². The number of hydrogen-bond donors (Lipinski definition) is 0. The average molecular weight is 185 g/mol. The molecule has 1 unspecified atom stereocenters. The summed E-state index contributed by atoms with van der Waals surface area (Å²) in [7, 11) is 0. The van der Waals surface area contributed by atoms with Gasteiger partial charge in [0.15, 0.2) is 0 Å². The molecular weight excluding hydrogens is 162 g/mol. The molecule has 2 heteroatoms. The molecule has 2 rings (SSSR count). The maximum atomic E-state index is 5.37. The van der Waals surface area contributed by atoms with Crippen LogP contribution < -0.4 is 0 Å². The van der Waals surface area contributed by atoms with Gasteiger partial charge in [0, 0.05) is 19.1 Å². The van der Waals surface area contributed by atoms with Crippen LogP contribution in [0.3, 0.4) is 0 Å². The monoisotopic (exact) mass is 185 g/mol. The Balaban J connectivity index is 0.000000396. The highest BCUT2D eigenvalue weighted by Crippen LogP contribution is 2.30. The molecule has 2 fully saturated rings. The van der Waals surface area contributed by atoms with Crippen LogP contribution >= 0.6 is 0 Å². The molecule has 1 saturated heterocycles. The summed E-state index contributed by atoms with van der Waals surface area (Å²) in [4.78, 5) is 2.57. The minimum Gasteiger partial charge on any atom is -0.379 e. The van der Waals surface area contributed by atoms with Gasteiger partial charge < -0.3 is 4.74 Å². The van der Waals surface area contributed by atoms with Crippen molar-refractivity contribution in [2.45, 2.75) is 39.7 Å². The van der Waals surface area contributed by atoms with E-state index in [-0.39, 0.29) is 0 Å². The molecule has 13 heavy (non-hydrogen) atoms. The van der Waals surface area contributed by atoms with Gasteiger partial charge in [0.05, 0.1) is 13.2 Å². The Bertz CT molecular complexity index is 134. The zero-order valence-electron chi connectivity index (χ0n) is 9.25. The summed E-state index contributed by atoms with van der Waals surface area (Å²) in [5, 5.41) is 0. The number of rotatable bonds is 2. The number of nitrogens with zero attached hydrogens (tertiary/aromatic N) is 1. The smallest absolute Gasteiger partial charge is 0.0619 e. The number of ether oxygens (including phenoxy) is 1. The van der Waals surface area contributed by atoms with Gasteiger partial charge >= 0.3 is 0 Å². The maximum Gasteiger partial charge on any atom is 0.0619 e. The lowest BCUT2D eigenvalue weighted by atomic mass is 10.2. The molecule has 1 saturated carbocycles. The van der Waals surface area contributed by atoms with Crippen LogP contribution in [-0.2, 0) is 4.74 Å². The second-order valence-electron chi connectivity index (χ2n) is 3.86. The van der Waals surface area contributed by atoms with Crippen LogP contribution in [-0.4, -0.2) is 37.2 Å². The van der Waals surface area contributed by atoms with Gasteiger partial charge in [0.25, 0.3) is 0 Å². The quantitative estimate of drug-likeness (QED) is 0.653. The molecular formula is C11H23NO. The van der Waals surface area contributed by atoms with E-state index in [1.807, 2.05) is 13.8 Å². The number of morpholine rings is 1. The van der Waals surface area contributed by atoms with Gasteiger partial charge in [-0.25, -0.2) is 0 Å². The van der Waals surface area contributed by atoms with E-state index in [1.54, 1.807) is 0 Å². The van der Waals surface area contributed by atoms with Gasteiger partial charge in [-0.1, -0.05) is 13.8 Å². The van der Waals surface area contributed by atoms with Crippen molar-refractivity contribution in [3.63, 3.8) is 0 Å². The van der Waals surface area contributed by atoms with Crippen molar-refractivity contribution in [2.24, 2.45) is 5.92 Å². The van der Waals surface area contributed by atoms with Crippen LogP contribution in [0.1, 0.15) is 33.6 Å². The summed E-state index contributed by atoms with van der Waals surface area (Å²) in [6.45, 7) is 10.6. The molecule has 0 bridgehead atoms. The van der Waals surface area contributed by atoms with Crippen molar-refractivity contribution in [2.75, 3.05) is 26.3 Å². The normalized spacial score (nSPS) is 29.3. The predicted octanol–water partition coefficient (Wildman–Crippen LogP) is 2.14. The first-order valence-corrected chi connectivity index (χ1v) is 5.68. The fraction of sp³-hybridized carbons (Fsp3) is 1.00. The Morgan fingerprint density at radius 1 is 1.31 bits per heavy atom. The Labute approximate surface area is 82.3 Å². The van der Waals surface area contributed by atoms with E-state index < -0.39 is 0 Å². The third kappa shape index (κ3) is 3.65. The van der Waals surface area contributed by atoms with Crippen molar-refractivity contribution in [1.29, 1.82) is 0 Å². The van der Waals surface area contributed by atoms with Crippen molar-refractivity contribution >= 4 is 0 Å². The second kappa shape index (κ2) is 5.61. The lowest BCUT2D eigenvalue weighted by molar-refractivity contribution is -0.00230. The van der Waals surface area contributed by atoms with Gasteiger partial charge in [-0.15, -0.1) is 0 Å². The van der Waals surface area contributed by atoms with E-state index in [9.17, 15) is 0 Å². The van der Waals surface area contributed by atoms with E-state index >= 15 is 0 Å². The summed E-state index contributed by atoms with van der Waals surface area (Å²) in [5.41, 5.74) is 0. The third-order valence-electron chi connectivity index (χ3n) is 2.69. The lowest BCUT2D eigenvalue weighted by Crippen LogP contribution is -2.44. The molecule has 0 aromatic heterocycles. The van der Waals surface area contributed by atoms with Crippen molar-refractivity contribution < 1.29 is 4.74 Å². The minimum absolute atomic E-state index is 0.657. The lowest BCUT2D eigenvalue weighted by Gasteiger charge is -2.33. The number of hydrogen-bond acceptors (Lipinski definition) is 2. The van der Waals surface area contributed by atoms with Crippen LogP contribution in [0.25, 0.3) is 0 Å². The van der Waals surface area contributed by atoms with Crippen LogP contribution in [0.2, 0.25) is 0 Å². The Morgan fingerprint density at radius 2 is 2.00 bits per heavy atom. The Kier molecular flexibility index (Phi) is 4.74. The van der Waals surface area contributed by atoms with Gasteiger partial charge in [-0.05, 0) is 25.7 Å². The molecule has 0 aromatic carbocycles. The zero-order chi connectivity index (χ0) is 9.68. The maximum absolute atomic E-state index is 5.37. The molecule has 0 amide bonds. The first kappa shape index (κ1) is 11.0. The molecule has 1 atom stereocenters. The van der Waals surface area contributed by atoms with Gasteiger partial charge in [0.1, 0.15) is 0 Å². The first-order chi connectivity index (χ1) is 6.36. The molecule has 0 aromatic rings. The molecule has 2 nitrogen and oxygen atoms in total. The highest BCUT2D eigenvalue weighted by Gasteiger charge is 2.27. The highest BCUT2D eigenvalue weighted by atomic mass is 16.5. The summed E-state index contributed by atoms with van der Waals surface area (Å²) in [5.74, 6) is 1.02. The molecule has 0 radical (unpaired) electrons. The first-order valence-electron chi connectivity index (χ1n) is 5.68. The molecule has 78 valence electrons. The fourth-order valence-corrected chi connectivity index (χ4v) is 1.66. The van der Waals surface area contributed by atoms with E-state index in [0.29, 0.717) is 6.04 Å². The highest BCUT2D eigenvalue weighted by molar-refractivity contribution is 4.80. The SMILES string of the molecule is CC.CC1COCCN1CC1CC1. The summed E-state index contributed by atoms with van der Waals surface area (Å²) < 4.78 is 5.37. The summed E-state index contributed by atoms with van der Waals surface area (Å²) in [6, 6.07) is 0.657. The van der Waals surface area contributed by atoms with E-state index in [2.05, 4.69) is 11.8 Å². The fourth-order valence-electron chi connectivity index (χ4n) is 1.66. The molecule has 0 spiro atoms. The largest absolute Gasteiger partial charge is 0.379 e. The molecule has 0 N–H and O–H groups in total. The van der Waals surface area contributed by atoms with E-state index in [1.165, 1.54) is 19.4 Å². The predicted molar refractivity (Wildman–Crippen MR) is 55.9 cm³/mol. The zero-order valence-corrected chi connectivity index (χ0v) is 9.25. The molecule has 2 aliphatic rings. The third-order valence-corrected chi connectivity index (χ3v) is 2.69. The van der Waals surface area contributed by atoms with E-state index in [4.69, 9.17) is 4.74 Å². The van der Waals surface area contributed by atoms with Gasteiger partial charge in [-0.2, -0.15) is 0 Å².